The van der Waals surface area contributed by atoms with Crippen molar-refractivity contribution >= 4 is 17.2 Å². The minimum atomic E-state index is -2.49. The van der Waals surface area contributed by atoms with Gasteiger partial charge in [0.1, 0.15) is 0 Å². The van der Waals surface area contributed by atoms with Crippen molar-refractivity contribution in [2.45, 2.75) is 25.2 Å². The second-order valence-electron chi connectivity index (χ2n) is 5.94. The Kier molecular flexibility index (Phi) is 5.25. The molecule has 0 aliphatic carbocycles. The fourth-order valence-electron chi connectivity index (χ4n) is 2.61. The van der Waals surface area contributed by atoms with Crippen LogP contribution in [0.1, 0.15) is 29.8 Å². The molecule has 130 valence electrons. The number of unbranched alkanes of at least 4 members (excludes halogenated alkanes) is 2. The van der Waals surface area contributed by atoms with Crippen LogP contribution in [0.5, 0.6) is 0 Å². The van der Waals surface area contributed by atoms with Crippen LogP contribution in [0.15, 0.2) is 28.1 Å². The normalized spacial score (nSPS) is 16.8. The molecule has 0 spiro atoms. The van der Waals surface area contributed by atoms with E-state index in [1.165, 1.54) is 11.3 Å². The van der Waals surface area contributed by atoms with Crippen molar-refractivity contribution < 1.29 is 18.1 Å². The van der Waals surface area contributed by atoms with Gasteiger partial charge in [0.2, 0.25) is 0 Å². The highest BCUT2D eigenvalue weighted by molar-refractivity contribution is 7.13. The SMILES string of the molecule is O=C(NCCCCCN1CC(F)(F)C1)c1cc(-c2cccs2)on1. The van der Waals surface area contributed by atoms with Crippen LogP contribution < -0.4 is 5.32 Å². The lowest BCUT2D eigenvalue weighted by atomic mass is 10.1. The van der Waals surface area contributed by atoms with Gasteiger partial charge in [-0.15, -0.1) is 11.3 Å². The van der Waals surface area contributed by atoms with Gasteiger partial charge in [0, 0.05) is 12.6 Å². The summed E-state index contributed by atoms with van der Waals surface area (Å²) in [6.45, 7) is 0.984. The molecule has 1 saturated heterocycles. The third kappa shape index (κ3) is 4.39. The number of likely N-dealkylation sites (tertiary alicyclic amines) is 1. The van der Waals surface area contributed by atoms with Gasteiger partial charge in [-0.1, -0.05) is 17.6 Å². The molecule has 1 amide bonds. The number of halogens is 2. The number of thiophene rings is 1. The van der Waals surface area contributed by atoms with Gasteiger partial charge in [0.05, 0.1) is 18.0 Å². The van der Waals surface area contributed by atoms with Crippen molar-refractivity contribution in [3.8, 4) is 10.6 Å². The molecular formula is C16H19F2N3O2S. The zero-order valence-corrected chi connectivity index (χ0v) is 14.0. The van der Waals surface area contributed by atoms with E-state index in [0.717, 1.165) is 24.1 Å². The molecular weight excluding hydrogens is 336 g/mol. The first-order valence-electron chi connectivity index (χ1n) is 7.92. The predicted octanol–water partition coefficient (Wildman–Crippen LogP) is 3.25. The number of carbonyl (C=O) groups is 1. The van der Waals surface area contributed by atoms with E-state index in [0.29, 0.717) is 18.8 Å². The highest BCUT2D eigenvalue weighted by atomic mass is 32.1. The number of alkyl halides is 2. The van der Waals surface area contributed by atoms with Gasteiger partial charge in [-0.05, 0) is 30.8 Å². The van der Waals surface area contributed by atoms with Crippen LogP contribution in [-0.2, 0) is 0 Å². The Morgan fingerprint density at radius 1 is 1.38 bits per heavy atom. The topological polar surface area (TPSA) is 58.4 Å². The lowest BCUT2D eigenvalue weighted by Gasteiger charge is -2.38. The lowest BCUT2D eigenvalue weighted by Crippen LogP contribution is -2.56. The van der Waals surface area contributed by atoms with Crippen LogP contribution in [0.25, 0.3) is 10.6 Å². The van der Waals surface area contributed by atoms with E-state index in [1.54, 1.807) is 11.0 Å². The van der Waals surface area contributed by atoms with Gasteiger partial charge < -0.3 is 9.84 Å². The zero-order valence-electron chi connectivity index (χ0n) is 13.1. The number of aromatic nitrogens is 1. The molecule has 8 heteroatoms. The van der Waals surface area contributed by atoms with Crippen molar-refractivity contribution in [3.63, 3.8) is 0 Å². The molecule has 0 unspecified atom stereocenters. The molecule has 1 aliphatic rings. The lowest BCUT2D eigenvalue weighted by molar-refractivity contribution is -0.130. The molecule has 1 fully saturated rings. The number of rotatable bonds is 8. The minimum absolute atomic E-state index is 0.123. The summed E-state index contributed by atoms with van der Waals surface area (Å²) >= 11 is 1.52. The third-order valence-electron chi connectivity index (χ3n) is 3.85. The largest absolute Gasteiger partial charge is 0.355 e. The minimum Gasteiger partial charge on any atom is -0.355 e. The quantitative estimate of drug-likeness (QED) is 0.739. The number of amides is 1. The fraction of sp³-hybridized carbons (Fsp3) is 0.500. The number of hydrogen-bond acceptors (Lipinski definition) is 5. The van der Waals surface area contributed by atoms with E-state index >= 15 is 0 Å². The average Bonchev–Trinajstić information content (AvgIpc) is 3.18. The van der Waals surface area contributed by atoms with Crippen LogP contribution in [0.3, 0.4) is 0 Å². The summed E-state index contributed by atoms with van der Waals surface area (Å²) in [6.07, 6.45) is 2.56. The van der Waals surface area contributed by atoms with E-state index in [1.807, 2.05) is 17.5 Å². The molecule has 1 aliphatic heterocycles. The second-order valence-corrected chi connectivity index (χ2v) is 6.88. The second kappa shape index (κ2) is 7.40. The van der Waals surface area contributed by atoms with Crippen LogP contribution in [0.2, 0.25) is 0 Å². The van der Waals surface area contributed by atoms with Gasteiger partial charge in [0.15, 0.2) is 11.5 Å². The molecule has 0 radical (unpaired) electrons. The molecule has 0 aromatic carbocycles. The standard InChI is InChI=1S/C16H19F2N3O2S/c17-16(18)10-21(11-16)7-3-1-2-6-19-15(22)12-9-13(23-20-12)14-5-4-8-24-14/h4-5,8-9H,1-3,6-7,10-11H2,(H,19,22). The van der Waals surface area contributed by atoms with Crippen molar-refractivity contribution in [3.05, 3.63) is 29.3 Å². The number of carbonyl (C=O) groups excluding carboxylic acids is 1. The Balaban J connectivity index is 1.30. The van der Waals surface area contributed by atoms with Gasteiger partial charge in [-0.3, -0.25) is 9.69 Å². The van der Waals surface area contributed by atoms with E-state index in [-0.39, 0.29) is 24.7 Å². The third-order valence-corrected chi connectivity index (χ3v) is 4.74. The van der Waals surface area contributed by atoms with Gasteiger partial charge in [-0.25, -0.2) is 8.78 Å². The Bertz CT molecular complexity index is 665. The Hall–Kier alpha value is -1.80. The van der Waals surface area contributed by atoms with E-state index in [4.69, 9.17) is 4.52 Å². The van der Waals surface area contributed by atoms with E-state index in [2.05, 4.69) is 10.5 Å². The molecule has 5 nitrogen and oxygen atoms in total. The first-order valence-corrected chi connectivity index (χ1v) is 8.80. The van der Waals surface area contributed by atoms with Gasteiger partial charge in [-0.2, -0.15) is 0 Å². The highest BCUT2D eigenvalue weighted by Crippen LogP contribution is 2.26. The van der Waals surface area contributed by atoms with Crippen LogP contribution in [0.4, 0.5) is 8.78 Å². The first kappa shape index (κ1) is 17.0. The van der Waals surface area contributed by atoms with E-state index < -0.39 is 5.92 Å². The average molecular weight is 355 g/mol. The van der Waals surface area contributed by atoms with Gasteiger partial charge in [0.25, 0.3) is 11.8 Å². The maximum absolute atomic E-state index is 12.7. The summed E-state index contributed by atoms with van der Waals surface area (Å²) in [5, 5.41) is 8.51. The number of hydrogen-bond donors (Lipinski definition) is 1. The summed E-state index contributed by atoms with van der Waals surface area (Å²) in [5.41, 5.74) is 0.265. The Morgan fingerprint density at radius 3 is 2.92 bits per heavy atom. The highest BCUT2D eigenvalue weighted by Gasteiger charge is 2.42. The first-order chi connectivity index (χ1) is 11.5. The molecule has 0 bridgehead atoms. The van der Waals surface area contributed by atoms with Crippen LogP contribution >= 0.6 is 11.3 Å². The summed E-state index contributed by atoms with van der Waals surface area (Å²) in [4.78, 5) is 14.7. The van der Waals surface area contributed by atoms with Crippen molar-refractivity contribution in [1.29, 1.82) is 0 Å². The van der Waals surface area contributed by atoms with Gasteiger partial charge >= 0.3 is 0 Å². The molecule has 2 aromatic rings. The van der Waals surface area contributed by atoms with E-state index in [9.17, 15) is 13.6 Å². The monoisotopic (exact) mass is 355 g/mol. The number of nitrogens with one attached hydrogen (secondary N) is 1. The Labute approximate surface area is 142 Å². The van der Waals surface area contributed by atoms with Crippen molar-refractivity contribution in [1.82, 2.24) is 15.4 Å². The summed E-state index contributed by atoms with van der Waals surface area (Å²) in [6, 6.07) is 5.44. The van der Waals surface area contributed by atoms with Crippen molar-refractivity contribution in [2.75, 3.05) is 26.2 Å². The predicted molar refractivity (Wildman–Crippen MR) is 87.4 cm³/mol. The molecule has 2 aromatic heterocycles. The fourth-order valence-corrected chi connectivity index (χ4v) is 3.29. The number of nitrogens with zero attached hydrogens (tertiary/aromatic N) is 2. The molecule has 1 N–H and O–H groups in total. The maximum atomic E-state index is 12.7. The zero-order chi connectivity index (χ0) is 17.0. The molecule has 3 rings (SSSR count). The summed E-state index contributed by atoms with van der Waals surface area (Å²) in [7, 11) is 0. The molecule has 24 heavy (non-hydrogen) atoms. The maximum Gasteiger partial charge on any atom is 0.273 e. The molecule has 0 saturated carbocycles. The van der Waals surface area contributed by atoms with Crippen LogP contribution in [0, 0.1) is 0 Å². The molecule has 0 atom stereocenters. The summed E-state index contributed by atoms with van der Waals surface area (Å²) in [5.74, 6) is -2.17. The molecule has 3 heterocycles. The Morgan fingerprint density at radius 2 is 2.21 bits per heavy atom. The van der Waals surface area contributed by atoms with Crippen LogP contribution in [-0.4, -0.2) is 48.1 Å². The van der Waals surface area contributed by atoms with Crippen molar-refractivity contribution in [2.24, 2.45) is 0 Å². The smallest absolute Gasteiger partial charge is 0.273 e. The summed E-state index contributed by atoms with van der Waals surface area (Å²) < 4.78 is 30.5.